The fourth-order valence-corrected chi connectivity index (χ4v) is 7.66. The summed E-state index contributed by atoms with van der Waals surface area (Å²) in [7, 11) is 0. The highest BCUT2D eigenvalue weighted by molar-refractivity contribution is 5.96. The standard InChI is InChI=1S/C26H39N5O3/c32-23(19-9-3-1-4-10-19)30-21-12-6-5-11-20(21)26(13-7-2-8-14-26)31-25(30)27-22(28-31)24(33)29-15-17-34-18-16-29/h19-21H,1-18H2. The topological polar surface area (TPSA) is 80.6 Å². The van der Waals surface area contributed by atoms with Crippen molar-refractivity contribution in [3.63, 3.8) is 0 Å². The molecule has 0 bridgehead atoms. The quantitative estimate of drug-likeness (QED) is 0.656. The second-order valence-corrected chi connectivity index (χ2v) is 11.2. The van der Waals surface area contributed by atoms with Crippen molar-refractivity contribution in [3.8, 4) is 0 Å². The molecule has 2 amide bonds. The lowest BCUT2D eigenvalue weighted by Crippen LogP contribution is -2.62. The number of rotatable bonds is 2. The van der Waals surface area contributed by atoms with Crippen molar-refractivity contribution in [1.82, 2.24) is 19.7 Å². The van der Waals surface area contributed by atoms with E-state index in [2.05, 4.69) is 4.68 Å². The minimum Gasteiger partial charge on any atom is -0.378 e. The second-order valence-electron chi connectivity index (χ2n) is 11.2. The minimum absolute atomic E-state index is 0.0836. The Labute approximate surface area is 202 Å². The number of ether oxygens (including phenoxy) is 1. The molecule has 3 heterocycles. The van der Waals surface area contributed by atoms with Crippen molar-refractivity contribution in [1.29, 1.82) is 0 Å². The summed E-state index contributed by atoms with van der Waals surface area (Å²) in [4.78, 5) is 36.2. The van der Waals surface area contributed by atoms with Crippen LogP contribution in [0.2, 0.25) is 0 Å². The molecule has 2 aliphatic heterocycles. The van der Waals surface area contributed by atoms with Gasteiger partial charge >= 0.3 is 0 Å². The molecule has 34 heavy (non-hydrogen) atoms. The highest BCUT2D eigenvalue weighted by Crippen LogP contribution is 2.53. The van der Waals surface area contributed by atoms with Crippen molar-refractivity contribution in [2.45, 2.75) is 101 Å². The number of aromatic nitrogens is 3. The van der Waals surface area contributed by atoms with Crippen LogP contribution in [0.1, 0.15) is 101 Å². The monoisotopic (exact) mass is 469 g/mol. The third-order valence-electron chi connectivity index (χ3n) is 9.38. The van der Waals surface area contributed by atoms with E-state index < -0.39 is 0 Å². The molecule has 2 atom stereocenters. The van der Waals surface area contributed by atoms with Crippen LogP contribution in [-0.2, 0) is 15.1 Å². The van der Waals surface area contributed by atoms with E-state index >= 15 is 0 Å². The molecule has 186 valence electrons. The van der Waals surface area contributed by atoms with Gasteiger partial charge in [0.1, 0.15) is 0 Å². The lowest BCUT2D eigenvalue weighted by molar-refractivity contribution is -0.125. The van der Waals surface area contributed by atoms with Gasteiger partial charge in [-0.1, -0.05) is 51.4 Å². The van der Waals surface area contributed by atoms with Gasteiger partial charge in [-0.2, -0.15) is 4.98 Å². The number of carbonyl (C=O) groups is 2. The van der Waals surface area contributed by atoms with Gasteiger partial charge in [-0.15, -0.1) is 5.10 Å². The molecule has 1 aromatic heterocycles. The van der Waals surface area contributed by atoms with Crippen molar-refractivity contribution in [2.75, 3.05) is 31.2 Å². The molecule has 4 fully saturated rings. The molecule has 6 rings (SSSR count). The first-order valence-electron chi connectivity index (χ1n) is 13.9. The van der Waals surface area contributed by atoms with Crippen LogP contribution >= 0.6 is 0 Å². The van der Waals surface area contributed by atoms with E-state index in [1.807, 2.05) is 4.90 Å². The van der Waals surface area contributed by atoms with Crippen molar-refractivity contribution < 1.29 is 14.3 Å². The van der Waals surface area contributed by atoms with Crippen molar-refractivity contribution >= 4 is 17.8 Å². The van der Waals surface area contributed by atoms with Gasteiger partial charge in [0, 0.05) is 31.0 Å². The number of carbonyl (C=O) groups excluding carboxylic acids is 2. The zero-order valence-corrected chi connectivity index (χ0v) is 20.4. The maximum atomic E-state index is 14.1. The smallest absolute Gasteiger partial charge is 0.293 e. The molecule has 1 saturated heterocycles. The van der Waals surface area contributed by atoms with Gasteiger partial charge < -0.3 is 9.64 Å². The van der Waals surface area contributed by atoms with E-state index in [1.54, 1.807) is 4.90 Å². The summed E-state index contributed by atoms with van der Waals surface area (Å²) in [6.45, 7) is 2.26. The summed E-state index contributed by atoms with van der Waals surface area (Å²) in [5.41, 5.74) is -0.0987. The molecule has 0 N–H and O–H groups in total. The van der Waals surface area contributed by atoms with Crippen LogP contribution in [0.4, 0.5) is 5.95 Å². The van der Waals surface area contributed by atoms with Crippen molar-refractivity contribution in [2.24, 2.45) is 11.8 Å². The highest BCUT2D eigenvalue weighted by Gasteiger charge is 2.55. The maximum Gasteiger partial charge on any atom is 0.293 e. The second kappa shape index (κ2) is 9.25. The number of nitrogens with zero attached hydrogens (tertiary/aromatic N) is 5. The van der Waals surface area contributed by atoms with Gasteiger partial charge in [-0.3, -0.25) is 14.5 Å². The average Bonchev–Trinajstić information content (AvgIpc) is 3.36. The number of morpholine rings is 1. The predicted molar refractivity (Wildman–Crippen MR) is 128 cm³/mol. The SMILES string of the molecule is O=C(c1nc2n(n1)C1(CCCCC1)C1CCCCC1N2C(=O)C1CCCCC1)N1CCOCC1. The Bertz CT molecular complexity index is 912. The van der Waals surface area contributed by atoms with E-state index in [9.17, 15) is 9.59 Å². The zero-order valence-electron chi connectivity index (χ0n) is 20.4. The highest BCUT2D eigenvalue weighted by atomic mass is 16.5. The number of amides is 2. The van der Waals surface area contributed by atoms with Gasteiger partial charge in [0.25, 0.3) is 5.91 Å². The zero-order chi connectivity index (χ0) is 23.1. The summed E-state index contributed by atoms with van der Waals surface area (Å²) in [5, 5.41) is 4.95. The molecular formula is C26H39N5O3. The first-order chi connectivity index (χ1) is 16.7. The summed E-state index contributed by atoms with van der Waals surface area (Å²) in [6.07, 6.45) is 15.8. The van der Waals surface area contributed by atoms with E-state index in [1.165, 1.54) is 38.5 Å². The van der Waals surface area contributed by atoms with Crippen LogP contribution in [0.5, 0.6) is 0 Å². The average molecular weight is 470 g/mol. The van der Waals surface area contributed by atoms with Gasteiger partial charge in [0.2, 0.25) is 17.7 Å². The van der Waals surface area contributed by atoms with Gasteiger partial charge in [-0.25, -0.2) is 4.68 Å². The van der Waals surface area contributed by atoms with E-state index in [-0.39, 0.29) is 35.1 Å². The maximum absolute atomic E-state index is 14.1. The van der Waals surface area contributed by atoms with E-state index in [0.717, 1.165) is 51.4 Å². The molecule has 8 heteroatoms. The summed E-state index contributed by atoms with van der Waals surface area (Å²) < 4.78 is 7.53. The van der Waals surface area contributed by atoms with E-state index in [0.29, 0.717) is 38.2 Å². The Kier molecular flexibility index (Phi) is 6.12. The van der Waals surface area contributed by atoms with Gasteiger partial charge in [-0.05, 0) is 38.5 Å². The number of anilines is 1. The molecule has 1 spiro atoms. The molecule has 1 aromatic rings. The third kappa shape index (κ3) is 3.67. The first-order valence-corrected chi connectivity index (χ1v) is 13.9. The largest absolute Gasteiger partial charge is 0.378 e. The van der Waals surface area contributed by atoms with Crippen LogP contribution in [0.15, 0.2) is 0 Å². The fraction of sp³-hybridized carbons (Fsp3) is 0.846. The van der Waals surface area contributed by atoms with Gasteiger partial charge in [0.05, 0.1) is 18.8 Å². The number of hydrogen-bond acceptors (Lipinski definition) is 5. The number of fused-ring (bicyclic) bond motifs is 4. The van der Waals surface area contributed by atoms with Gasteiger partial charge in [0.15, 0.2) is 0 Å². The Hall–Kier alpha value is -1.96. The van der Waals surface area contributed by atoms with E-state index in [4.69, 9.17) is 14.8 Å². The fourth-order valence-electron chi connectivity index (χ4n) is 7.66. The Morgan fingerprint density at radius 3 is 2.29 bits per heavy atom. The van der Waals surface area contributed by atoms with Crippen molar-refractivity contribution in [3.05, 3.63) is 5.82 Å². The van der Waals surface area contributed by atoms with Crippen LogP contribution in [-0.4, -0.2) is 63.8 Å². The molecule has 0 radical (unpaired) electrons. The lowest BCUT2D eigenvalue weighted by Gasteiger charge is -2.55. The molecule has 2 unspecified atom stereocenters. The predicted octanol–water partition coefficient (Wildman–Crippen LogP) is 3.90. The summed E-state index contributed by atoms with van der Waals surface area (Å²) >= 11 is 0. The first kappa shape index (κ1) is 22.5. The lowest BCUT2D eigenvalue weighted by atomic mass is 9.64. The molecular weight excluding hydrogens is 430 g/mol. The normalized spacial score (nSPS) is 29.5. The minimum atomic E-state index is -0.121. The molecule has 0 aromatic carbocycles. The van der Waals surface area contributed by atoms with Crippen LogP contribution in [0.25, 0.3) is 0 Å². The molecule has 5 aliphatic rings. The van der Waals surface area contributed by atoms with Crippen LogP contribution < -0.4 is 4.90 Å². The Balaban J connectivity index is 1.44. The molecule has 3 aliphatic carbocycles. The van der Waals surface area contributed by atoms with Crippen LogP contribution in [0, 0.1) is 11.8 Å². The summed E-state index contributed by atoms with van der Waals surface area (Å²) in [6, 6.07) is 0.198. The Morgan fingerprint density at radius 2 is 1.53 bits per heavy atom. The summed E-state index contributed by atoms with van der Waals surface area (Å²) in [5.74, 6) is 1.54. The molecule has 8 nitrogen and oxygen atoms in total. The third-order valence-corrected chi connectivity index (χ3v) is 9.38. The molecule has 3 saturated carbocycles. The number of hydrogen-bond donors (Lipinski definition) is 0. The van der Waals surface area contributed by atoms with Crippen LogP contribution in [0.3, 0.4) is 0 Å². The Morgan fingerprint density at radius 1 is 0.853 bits per heavy atom.